The van der Waals surface area contributed by atoms with Crippen molar-refractivity contribution >= 4 is 5.97 Å². The smallest absolute Gasteiger partial charge is 0.343 e. The van der Waals surface area contributed by atoms with Crippen LogP contribution in [0.1, 0.15) is 73.4 Å². The van der Waals surface area contributed by atoms with Gasteiger partial charge in [0.15, 0.2) is 11.6 Å². The molecule has 0 saturated carbocycles. The van der Waals surface area contributed by atoms with Crippen LogP contribution in [-0.4, -0.2) is 12.6 Å². The first-order valence-electron chi connectivity index (χ1n) is 12.1. The zero-order valence-corrected chi connectivity index (χ0v) is 20.0. The van der Waals surface area contributed by atoms with E-state index in [0.717, 1.165) is 36.5 Å². The average molecular weight is 477 g/mol. The van der Waals surface area contributed by atoms with E-state index < -0.39 is 23.4 Å². The van der Waals surface area contributed by atoms with Crippen molar-refractivity contribution in [3.05, 3.63) is 95.1 Å². The maximum atomic E-state index is 13.7. The fourth-order valence-corrected chi connectivity index (χ4v) is 3.45. The van der Waals surface area contributed by atoms with E-state index in [1.54, 1.807) is 12.1 Å². The lowest BCUT2D eigenvalue weighted by Crippen LogP contribution is -2.10. The van der Waals surface area contributed by atoms with Crippen molar-refractivity contribution in [2.45, 2.75) is 51.9 Å². The van der Waals surface area contributed by atoms with Gasteiger partial charge in [-0.2, -0.15) is 0 Å². The largest absolute Gasteiger partial charge is 0.494 e. The summed E-state index contributed by atoms with van der Waals surface area (Å²) < 4.78 is 38.0. The summed E-state index contributed by atoms with van der Waals surface area (Å²) in [5.74, 6) is 3.50. The van der Waals surface area contributed by atoms with Gasteiger partial charge in [0.25, 0.3) is 0 Å². The molecule has 0 fully saturated rings. The van der Waals surface area contributed by atoms with Crippen molar-refractivity contribution in [3.8, 4) is 23.3 Å². The number of ether oxygens (including phenoxy) is 2. The molecule has 0 aromatic heterocycles. The van der Waals surface area contributed by atoms with Crippen LogP contribution in [0.15, 0.2) is 66.7 Å². The van der Waals surface area contributed by atoms with Crippen molar-refractivity contribution in [2.24, 2.45) is 0 Å². The molecule has 0 radical (unpaired) electrons. The van der Waals surface area contributed by atoms with Gasteiger partial charge in [-0.25, -0.2) is 13.6 Å². The van der Waals surface area contributed by atoms with E-state index in [1.807, 2.05) is 24.3 Å². The van der Waals surface area contributed by atoms with E-state index in [1.165, 1.54) is 56.7 Å². The molecule has 182 valence electrons. The number of unbranched alkanes of at least 4 members (excludes halogenated alkanes) is 6. The van der Waals surface area contributed by atoms with Gasteiger partial charge in [-0.3, -0.25) is 0 Å². The molecular weight excluding hydrogens is 446 g/mol. The molecule has 0 aliphatic carbocycles. The minimum Gasteiger partial charge on any atom is -0.494 e. The zero-order chi connectivity index (χ0) is 24.9. The Hall–Kier alpha value is -3.65. The third kappa shape index (κ3) is 8.57. The molecule has 5 heteroatoms. The van der Waals surface area contributed by atoms with Crippen LogP contribution in [0.5, 0.6) is 11.5 Å². The first kappa shape index (κ1) is 26.0. The summed E-state index contributed by atoms with van der Waals surface area (Å²) in [6.45, 7) is 2.95. The number of hydrogen-bond acceptors (Lipinski definition) is 3. The summed E-state index contributed by atoms with van der Waals surface area (Å²) in [5.41, 5.74) is 1.70. The van der Waals surface area contributed by atoms with E-state index in [0.29, 0.717) is 5.56 Å². The van der Waals surface area contributed by atoms with E-state index in [2.05, 4.69) is 18.8 Å². The molecule has 0 saturated heterocycles. The van der Waals surface area contributed by atoms with Crippen LogP contribution in [0.2, 0.25) is 0 Å². The van der Waals surface area contributed by atoms with Gasteiger partial charge in [-0.15, -0.1) is 0 Å². The van der Waals surface area contributed by atoms with Gasteiger partial charge >= 0.3 is 5.97 Å². The van der Waals surface area contributed by atoms with Gasteiger partial charge in [0.2, 0.25) is 5.75 Å². The Morgan fingerprint density at radius 2 is 1.29 bits per heavy atom. The van der Waals surface area contributed by atoms with Crippen molar-refractivity contribution in [1.82, 2.24) is 0 Å². The van der Waals surface area contributed by atoms with Gasteiger partial charge in [-0.1, -0.05) is 63.4 Å². The number of esters is 1. The first-order chi connectivity index (χ1) is 17.1. The quantitative estimate of drug-likeness (QED) is 0.123. The number of para-hydroxylation sites is 1. The van der Waals surface area contributed by atoms with Crippen LogP contribution < -0.4 is 9.47 Å². The fourth-order valence-electron chi connectivity index (χ4n) is 3.45. The maximum Gasteiger partial charge on any atom is 0.343 e. The highest BCUT2D eigenvalue weighted by Crippen LogP contribution is 2.22. The molecule has 0 amide bonds. The van der Waals surface area contributed by atoms with E-state index in [-0.39, 0.29) is 5.56 Å². The molecule has 0 spiro atoms. The third-order valence-electron chi connectivity index (χ3n) is 5.46. The number of benzene rings is 3. The number of rotatable bonds is 11. The number of carbonyl (C=O) groups is 1. The second kappa shape index (κ2) is 13.9. The maximum absolute atomic E-state index is 13.7. The first-order valence-corrected chi connectivity index (χ1v) is 12.1. The summed E-state index contributed by atoms with van der Waals surface area (Å²) in [7, 11) is 0. The van der Waals surface area contributed by atoms with E-state index in [4.69, 9.17) is 9.47 Å². The highest BCUT2D eigenvalue weighted by molar-refractivity contribution is 5.91. The Balaban J connectivity index is 1.46. The van der Waals surface area contributed by atoms with Crippen LogP contribution in [0.3, 0.4) is 0 Å². The molecule has 0 unspecified atom stereocenters. The van der Waals surface area contributed by atoms with Crippen molar-refractivity contribution in [2.75, 3.05) is 6.61 Å². The standard InChI is InChI=1S/C30H30F2O3/c1-2-3-4-5-6-7-8-22-34-26-20-16-24(17-21-26)13-12-23-14-18-25(19-15-23)30(33)35-29-27(31)10-9-11-28(29)32/h9-11,14-21H,2-8,22H2,1H3. The van der Waals surface area contributed by atoms with E-state index >= 15 is 0 Å². The topological polar surface area (TPSA) is 35.5 Å². The minimum absolute atomic E-state index is 0.167. The van der Waals surface area contributed by atoms with Crippen molar-refractivity contribution < 1.29 is 23.0 Å². The molecule has 3 nitrogen and oxygen atoms in total. The normalized spacial score (nSPS) is 10.4. The van der Waals surface area contributed by atoms with Crippen LogP contribution >= 0.6 is 0 Å². The van der Waals surface area contributed by atoms with Gasteiger partial charge in [-0.05, 0) is 67.1 Å². The van der Waals surface area contributed by atoms with Gasteiger partial charge in [0.1, 0.15) is 5.75 Å². The van der Waals surface area contributed by atoms with Crippen LogP contribution in [0.25, 0.3) is 0 Å². The predicted molar refractivity (Wildman–Crippen MR) is 134 cm³/mol. The summed E-state index contributed by atoms with van der Waals surface area (Å²) in [4.78, 5) is 12.2. The zero-order valence-electron chi connectivity index (χ0n) is 20.0. The Kier molecular flexibility index (Phi) is 10.3. The lowest BCUT2D eigenvalue weighted by Gasteiger charge is -2.06. The van der Waals surface area contributed by atoms with Gasteiger partial charge in [0.05, 0.1) is 12.2 Å². The number of hydrogen-bond donors (Lipinski definition) is 0. The summed E-state index contributed by atoms with van der Waals surface area (Å²) in [6.07, 6.45) is 8.76. The van der Waals surface area contributed by atoms with Crippen LogP contribution in [0.4, 0.5) is 8.78 Å². The molecule has 0 atom stereocenters. The molecule has 3 rings (SSSR count). The highest BCUT2D eigenvalue weighted by atomic mass is 19.1. The third-order valence-corrected chi connectivity index (χ3v) is 5.46. The fraction of sp³-hybridized carbons (Fsp3) is 0.300. The van der Waals surface area contributed by atoms with Crippen LogP contribution in [-0.2, 0) is 0 Å². The molecule has 0 heterocycles. The summed E-state index contributed by atoms with van der Waals surface area (Å²) in [6, 6.07) is 17.2. The molecule has 3 aromatic rings. The van der Waals surface area contributed by atoms with Gasteiger partial charge < -0.3 is 9.47 Å². The van der Waals surface area contributed by atoms with Crippen molar-refractivity contribution in [3.63, 3.8) is 0 Å². The summed E-state index contributed by atoms with van der Waals surface area (Å²) in [5, 5.41) is 0. The predicted octanol–water partition coefficient (Wildman–Crippen LogP) is 7.71. The average Bonchev–Trinajstić information content (AvgIpc) is 2.87. The lowest BCUT2D eigenvalue weighted by atomic mass is 10.1. The van der Waals surface area contributed by atoms with Gasteiger partial charge in [0, 0.05) is 11.1 Å². The second-order valence-corrected chi connectivity index (χ2v) is 8.26. The highest BCUT2D eigenvalue weighted by Gasteiger charge is 2.15. The lowest BCUT2D eigenvalue weighted by molar-refractivity contribution is 0.0720. The van der Waals surface area contributed by atoms with E-state index in [9.17, 15) is 13.6 Å². The monoisotopic (exact) mass is 476 g/mol. The molecule has 3 aromatic carbocycles. The Bertz CT molecular complexity index is 1120. The van der Waals surface area contributed by atoms with Crippen LogP contribution in [0, 0.1) is 23.5 Å². The number of carbonyl (C=O) groups excluding carboxylic acids is 1. The molecule has 0 aliphatic rings. The molecular formula is C30H30F2O3. The summed E-state index contributed by atoms with van der Waals surface area (Å²) >= 11 is 0. The molecule has 35 heavy (non-hydrogen) atoms. The Labute approximate surface area is 206 Å². The SMILES string of the molecule is CCCCCCCCCOc1ccc(C#Cc2ccc(C(=O)Oc3c(F)cccc3F)cc2)cc1. The molecule has 0 aliphatic heterocycles. The molecule has 0 N–H and O–H groups in total. The van der Waals surface area contributed by atoms with Crippen molar-refractivity contribution in [1.29, 1.82) is 0 Å². The second-order valence-electron chi connectivity index (χ2n) is 8.26. The molecule has 0 bridgehead atoms. The minimum atomic E-state index is -0.935. The Morgan fingerprint density at radius 3 is 1.89 bits per heavy atom. The Morgan fingerprint density at radius 1 is 0.743 bits per heavy atom. The number of halogens is 2.